The second-order valence-electron chi connectivity index (χ2n) is 4.96. The van der Waals surface area contributed by atoms with Crippen LogP contribution in [0.3, 0.4) is 0 Å². The van der Waals surface area contributed by atoms with Crippen molar-refractivity contribution in [2.45, 2.75) is 18.9 Å². The molecule has 0 heterocycles. The average molecular weight is 268 g/mol. The van der Waals surface area contributed by atoms with E-state index in [1.165, 1.54) is 11.1 Å². The molecule has 0 saturated heterocycles. The molecule has 1 N–H and O–H groups in total. The van der Waals surface area contributed by atoms with E-state index in [2.05, 4.69) is 40.9 Å². The Kier molecular flexibility index (Phi) is 4.97. The molecule has 0 fully saturated rings. The van der Waals surface area contributed by atoms with Crippen LogP contribution in [-0.4, -0.2) is 30.4 Å². The molecule has 104 valence electrons. The fourth-order valence-corrected chi connectivity index (χ4v) is 2.73. The quantitative estimate of drug-likeness (QED) is 0.631. The molecule has 1 aliphatic rings. The van der Waals surface area contributed by atoms with Crippen LogP contribution in [0.2, 0.25) is 0 Å². The van der Waals surface area contributed by atoms with Gasteiger partial charge in [0, 0.05) is 12.6 Å². The van der Waals surface area contributed by atoms with E-state index in [4.69, 9.17) is 6.42 Å². The molecular weight excluding hydrogens is 248 g/mol. The van der Waals surface area contributed by atoms with Crippen LogP contribution in [0.1, 0.15) is 23.6 Å². The summed E-state index contributed by atoms with van der Waals surface area (Å²) in [6, 6.07) is 8.64. The summed E-state index contributed by atoms with van der Waals surface area (Å²) < 4.78 is 0. The van der Waals surface area contributed by atoms with Crippen molar-refractivity contribution in [2.75, 3.05) is 19.6 Å². The van der Waals surface area contributed by atoms with Crippen LogP contribution in [0, 0.1) is 12.3 Å². The highest BCUT2D eigenvalue weighted by atomic mass is 16.2. The maximum absolute atomic E-state index is 11.9. The summed E-state index contributed by atoms with van der Waals surface area (Å²) >= 11 is 0. The number of terminal acetylenes is 1. The molecule has 0 bridgehead atoms. The molecule has 0 spiro atoms. The maximum Gasteiger partial charge on any atom is 0.234 e. The highest BCUT2D eigenvalue weighted by molar-refractivity contribution is 5.78. The highest BCUT2D eigenvalue weighted by Crippen LogP contribution is 2.35. The molecular formula is C17H20N2O. The normalized spacial score (nSPS) is 16.5. The van der Waals surface area contributed by atoms with E-state index < -0.39 is 0 Å². The van der Waals surface area contributed by atoms with E-state index in [9.17, 15) is 4.79 Å². The zero-order chi connectivity index (χ0) is 14.4. The third-order valence-corrected chi connectivity index (χ3v) is 3.63. The van der Waals surface area contributed by atoms with Gasteiger partial charge in [-0.15, -0.1) is 13.0 Å². The predicted molar refractivity (Wildman–Crippen MR) is 81.1 cm³/mol. The Balaban J connectivity index is 2.08. The molecule has 3 nitrogen and oxygen atoms in total. The van der Waals surface area contributed by atoms with Crippen LogP contribution < -0.4 is 5.32 Å². The van der Waals surface area contributed by atoms with Crippen LogP contribution in [0.25, 0.3) is 0 Å². The SMILES string of the molecule is C#CCN(CC(=O)NCC=C)[C@@H]1CCc2ccccc21. The van der Waals surface area contributed by atoms with Crippen LogP contribution in [0.4, 0.5) is 0 Å². The maximum atomic E-state index is 11.9. The number of carbonyl (C=O) groups excluding carboxylic acids is 1. The lowest BCUT2D eigenvalue weighted by molar-refractivity contribution is -0.122. The fourth-order valence-electron chi connectivity index (χ4n) is 2.73. The Labute approximate surface area is 120 Å². The first kappa shape index (κ1) is 14.4. The number of benzene rings is 1. The average Bonchev–Trinajstić information content (AvgIpc) is 2.88. The van der Waals surface area contributed by atoms with E-state index in [1.807, 2.05) is 6.07 Å². The van der Waals surface area contributed by atoms with Gasteiger partial charge < -0.3 is 5.32 Å². The third kappa shape index (κ3) is 3.28. The second-order valence-corrected chi connectivity index (χ2v) is 4.96. The smallest absolute Gasteiger partial charge is 0.234 e. The number of nitrogens with one attached hydrogen (secondary N) is 1. The molecule has 1 amide bonds. The first-order valence-electron chi connectivity index (χ1n) is 6.89. The minimum atomic E-state index is -0.00969. The van der Waals surface area contributed by atoms with Gasteiger partial charge in [0.1, 0.15) is 0 Å². The molecule has 2 rings (SSSR count). The third-order valence-electron chi connectivity index (χ3n) is 3.63. The van der Waals surface area contributed by atoms with Gasteiger partial charge in [0.05, 0.1) is 13.1 Å². The molecule has 0 aromatic heterocycles. The number of hydrogen-bond acceptors (Lipinski definition) is 2. The second kappa shape index (κ2) is 6.93. The zero-order valence-corrected chi connectivity index (χ0v) is 11.6. The number of nitrogens with zero attached hydrogens (tertiary/aromatic N) is 1. The number of hydrogen-bond donors (Lipinski definition) is 1. The Morgan fingerprint density at radius 2 is 2.35 bits per heavy atom. The van der Waals surface area contributed by atoms with E-state index >= 15 is 0 Å². The zero-order valence-electron chi connectivity index (χ0n) is 11.6. The van der Waals surface area contributed by atoms with Gasteiger partial charge in [0.15, 0.2) is 0 Å². The number of aryl methyl sites for hydroxylation is 1. The Morgan fingerprint density at radius 3 is 3.10 bits per heavy atom. The molecule has 1 aromatic carbocycles. The van der Waals surface area contributed by atoms with Gasteiger partial charge in [-0.1, -0.05) is 36.3 Å². The standard InChI is InChI=1S/C17H20N2O/c1-3-11-18-17(20)13-19(12-4-2)16-10-9-14-7-5-6-8-15(14)16/h2-3,5-8,16H,1,9-13H2,(H,18,20)/t16-/m1/s1. The van der Waals surface area contributed by atoms with Gasteiger partial charge in [-0.05, 0) is 24.0 Å². The Morgan fingerprint density at radius 1 is 1.55 bits per heavy atom. The molecule has 1 aliphatic carbocycles. The van der Waals surface area contributed by atoms with E-state index in [0.717, 1.165) is 12.8 Å². The molecule has 1 atom stereocenters. The summed E-state index contributed by atoms with van der Waals surface area (Å²) in [4.78, 5) is 14.0. The van der Waals surface area contributed by atoms with E-state index in [-0.39, 0.29) is 11.9 Å². The van der Waals surface area contributed by atoms with Crippen molar-refractivity contribution in [1.29, 1.82) is 0 Å². The molecule has 0 unspecified atom stereocenters. The summed E-state index contributed by atoms with van der Waals surface area (Å²) in [6.07, 6.45) is 9.20. The topological polar surface area (TPSA) is 32.3 Å². The van der Waals surface area contributed by atoms with E-state index in [1.54, 1.807) is 6.08 Å². The number of carbonyl (C=O) groups is 1. The van der Waals surface area contributed by atoms with Gasteiger partial charge in [-0.25, -0.2) is 0 Å². The first-order valence-corrected chi connectivity index (χ1v) is 6.89. The number of amides is 1. The van der Waals surface area contributed by atoms with E-state index in [0.29, 0.717) is 19.6 Å². The summed E-state index contributed by atoms with van der Waals surface area (Å²) in [7, 11) is 0. The van der Waals surface area contributed by atoms with Gasteiger partial charge >= 0.3 is 0 Å². The van der Waals surface area contributed by atoms with Gasteiger partial charge in [-0.3, -0.25) is 9.69 Å². The Hall–Kier alpha value is -2.05. The lowest BCUT2D eigenvalue weighted by atomic mass is 10.1. The summed E-state index contributed by atoms with van der Waals surface area (Å²) in [6.45, 7) is 4.90. The lowest BCUT2D eigenvalue weighted by Gasteiger charge is -2.27. The summed E-state index contributed by atoms with van der Waals surface area (Å²) in [5.74, 6) is 2.65. The van der Waals surface area contributed by atoms with Crippen molar-refractivity contribution in [3.8, 4) is 12.3 Å². The highest BCUT2D eigenvalue weighted by Gasteiger charge is 2.28. The van der Waals surface area contributed by atoms with Gasteiger partial charge in [0.25, 0.3) is 0 Å². The van der Waals surface area contributed by atoms with Gasteiger partial charge in [-0.2, -0.15) is 0 Å². The number of fused-ring (bicyclic) bond motifs is 1. The molecule has 0 aliphatic heterocycles. The minimum absolute atomic E-state index is 0.00969. The van der Waals surface area contributed by atoms with Crippen molar-refractivity contribution < 1.29 is 4.79 Å². The molecule has 0 radical (unpaired) electrons. The lowest BCUT2D eigenvalue weighted by Crippen LogP contribution is -2.39. The van der Waals surface area contributed by atoms with Crippen LogP contribution in [0.5, 0.6) is 0 Å². The largest absolute Gasteiger partial charge is 0.352 e. The van der Waals surface area contributed by atoms with Crippen molar-refractivity contribution >= 4 is 5.91 Å². The molecule has 0 saturated carbocycles. The van der Waals surface area contributed by atoms with Crippen molar-refractivity contribution in [1.82, 2.24) is 10.2 Å². The van der Waals surface area contributed by atoms with Crippen LogP contribution >= 0.6 is 0 Å². The van der Waals surface area contributed by atoms with Crippen LogP contribution in [-0.2, 0) is 11.2 Å². The fraction of sp³-hybridized carbons (Fsp3) is 0.353. The number of rotatable bonds is 6. The van der Waals surface area contributed by atoms with Crippen LogP contribution in [0.15, 0.2) is 36.9 Å². The van der Waals surface area contributed by atoms with Gasteiger partial charge in [0.2, 0.25) is 5.91 Å². The van der Waals surface area contributed by atoms with Crippen molar-refractivity contribution in [3.63, 3.8) is 0 Å². The van der Waals surface area contributed by atoms with Crippen molar-refractivity contribution in [3.05, 3.63) is 48.0 Å². The predicted octanol–water partition coefficient (Wildman–Crippen LogP) is 1.91. The van der Waals surface area contributed by atoms with Crippen molar-refractivity contribution in [2.24, 2.45) is 0 Å². The Bertz CT molecular complexity index is 530. The monoisotopic (exact) mass is 268 g/mol. The minimum Gasteiger partial charge on any atom is -0.352 e. The summed E-state index contributed by atoms with van der Waals surface area (Å²) in [5.41, 5.74) is 2.67. The molecule has 1 aromatic rings. The first-order chi connectivity index (χ1) is 9.76. The summed E-state index contributed by atoms with van der Waals surface area (Å²) in [5, 5.41) is 2.80. The molecule has 20 heavy (non-hydrogen) atoms. The molecule has 3 heteroatoms.